The van der Waals surface area contributed by atoms with Crippen LogP contribution in [-0.2, 0) is 4.79 Å². The molecule has 1 aromatic heterocycles. The van der Waals surface area contributed by atoms with Crippen molar-refractivity contribution >= 4 is 28.8 Å². The number of nitrogens with two attached hydrogens (primary N) is 1. The molecule has 4 nitrogen and oxygen atoms in total. The second-order valence-corrected chi connectivity index (χ2v) is 4.74. The first-order valence-corrected chi connectivity index (χ1v) is 6.40. The molecule has 1 aromatic rings. The van der Waals surface area contributed by atoms with Crippen molar-refractivity contribution in [1.29, 1.82) is 0 Å². The fourth-order valence-corrected chi connectivity index (χ4v) is 1.93. The van der Waals surface area contributed by atoms with Gasteiger partial charge < -0.3 is 10.6 Å². The predicted octanol–water partition coefficient (Wildman–Crippen LogP) is 2.14. The first-order valence-electron chi connectivity index (χ1n) is 5.99. The summed E-state index contributed by atoms with van der Waals surface area (Å²) in [4.78, 5) is 18.5. The van der Waals surface area contributed by atoms with Gasteiger partial charge in [-0.1, -0.05) is 19.1 Å². The smallest absolute Gasteiger partial charge is 0.239 e. The summed E-state index contributed by atoms with van der Waals surface area (Å²) in [6, 6.07) is 3.61. The van der Waals surface area contributed by atoms with E-state index in [0.717, 1.165) is 5.69 Å². The van der Waals surface area contributed by atoms with Crippen molar-refractivity contribution in [2.24, 2.45) is 11.1 Å². The van der Waals surface area contributed by atoms with E-state index in [0.29, 0.717) is 13.0 Å². The molecular formula is C13H19N3OS. The lowest BCUT2D eigenvalue weighted by Gasteiger charge is -2.32. The number of hydrogen-bond acceptors (Lipinski definition) is 3. The van der Waals surface area contributed by atoms with E-state index in [2.05, 4.69) is 4.98 Å². The Morgan fingerprint density at radius 2 is 2.00 bits per heavy atom. The zero-order valence-corrected chi connectivity index (χ0v) is 11.8. The number of nitrogens with zero attached hydrogens (tertiary/aromatic N) is 2. The van der Waals surface area contributed by atoms with E-state index in [1.165, 1.54) is 0 Å². The minimum absolute atomic E-state index is 0.0637. The van der Waals surface area contributed by atoms with Crippen LogP contribution < -0.4 is 10.6 Å². The lowest BCUT2D eigenvalue weighted by molar-refractivity contribution is -0.124. The van der Waals surface area contributed by atoms with Gasteiger partial charge in [-0.25, -0.2) is 0 Å². The number of amides is 1. The number of carbonyl (C=O) groups is 1. The highest BCUT2D eigenvalue weighted by atomic mass is 32.1. The quantitative estimate of drug-likeness (QED) is 0.829. The predicted molar refractivity (Wildman–Crippen MR) is 77.4 cm³/mol. The van der Waals surface area contributed by atoms with Crippen molar-refractivity contribution in [3.8, 4) is 0 Å². The van der Waals surface area contributed by atoms with Gasteiger partial charge in [0.05, 0.1) is 10.4 Å². The molecule has 0 radical (unpaired) electrons. The molecule has 0 spiro atoms. The van der Waals surface area contributed by atoms with Crippen LogP contribution in [0.2, 0.25) is 0 Å². The Kier molecular flexibility index (Phi) is 4.78. The summed E-state index contributed by atoms with van der Waals surface area (Å²) in [5.41, 5.74) is 5.74. The number of thiocarbonyl (C=S) groups is 1. The van der Waals surface area contributed by atoms with Crippen LogP contribution in [-0.4, -0.2) is 22.4 Å². The second-order valence-electron chi connectivity index (χ2n) is 4.30. The van der Waals surface area contributed by atoms with Crippen molar-refractivity contribution in [3.05, 3.63) is 24.5 Å². The van der Waals surface area contributed by atoms with Gasteiger partial charge >= 0.3 is 0 Å². The van der Waals surface area contributed by atoms with Gasteiger partial charge in [0, 0.05) is 24.6 Å². The van der Waals surface area contributed by atoms with Gasteiger partial charge in [0.1, 0.15) is 0 Å². The van der Waals surface area contributed by atoms with Crippen LogP contribution in [0.4, 0.5) is 5.69 Å². The van der Waals surface area contributed by atoms with Crippen LogP contribution in [0.15, 0.2) is 24.5 Å². The molecule has 0 saturated carbocycles. The fraction of sp³-hybridized carbons (Fsp3) is 0.462. The Balaban J connectivity index is 3.10. The van der Waals surface area contributed by atoms with Gasteiger partial charge in [0.25, 0.3) is 0 Å². The minimum Gasteiger partial charge on any atom is -0.392 e. The van der Waals surface area contributed by atoms with Crippen LogP contribution in [0.5, 0.6) is 0 Å². The Labute approximate surface area is 113 Å². The van der Waals surface area contributed by atoms with Crippen molar-refractivity contribution < 1.29 is 4.79 Å². The fourth-order valence-electron chi connectivity index (χ4n) is 1.70. The molecule has 0 aliphatic heterocycles. The molecule has 1 amide bonds. The molecule has 0 aliphatic carbocycles. The van der Waals surface area contributed by atoms with E-state index >= 15 is 0 Å². The highest BCUT2D eigenvalue weighted by Crippen LogP contribution is 2.27. The summed E-state index contributed by atoms with van der Waals surface area (Å²) in [5.74, 6) is -0.0637. The minimum atomic E-state index is -0.797. The van der Waals surface area contributed by atoms with E-state index in [1.54, 1.807) is 36.4 Å². The zero-order valence-electron chi connectivity index (χ0n) is 11.0. The topological polar surface area (TPSA) is 59.2 Å². The van der Waals surface area contributed by atoms with E-state index in [1.807, 2.05) is 13.8 Å². The van der Waals surface area contributed by atoms with Gasteiger partial charge in [-0.3, -0.25) is 9.78 Å². The van der Waals surface area contributed by atoms with E-state index < -0.39 is 5.41 Å². The van der Waals surface area contributed by atoms with Crippen molar-refractivity contribution in [2.75, 3.05) is 11.4 Å². The SMILES string of the molecule is CCN(C(=O)C(C)(CC)C(N)=S)c1ccncc1. The van der Waals surface area contributed by atoms with Crippen molar-refractivity contribution in [3.63, 3.8) is 0 Å². The average molecular weight is 265 g/mol. The third-order valence-electron chi connectivity index (χ3n) is 3.26. The lowest BCUT2D eigenvalue weighted by Crippen LogP contribution is -2.48. The summed E-state index contributed by atoms with van der Waals surface area (Å²) in [6.07, 6.45) is 3.91. The number of aromatic nitrogens is 1. The van der Waals surface area contributed by atoms with Gasteiger partial charge in [-0.2, -0.15) is 0 Å². The summed E-state index contributed by atoms with van der Waals surface area (Å²) < 4.78 is 0. The van der Waals surface area contributed by atoms with E-state index in [-0.39, 0.29) is 10.9 Å². The monoisotopic (exact) mass is 265 g/mol. The first-order chi connectivity index (χ1) is 8.47. The van der Waals surface area contributed by atoms with Gasteiger partial charge in [0.2, 0.25) is 5.91 Å². The maximum absolute atomic E-state index is 12.6. The third-order valence-corrected chi connectivity index (χ3v) is 3.71. The highest BCUT2D eigenvalue weighted by Gasteiger charge is 2.37. The number of pyridine rings is 1. The third kappa shape index (κ3) is 2.67. The molecule has 0 aliphatic rings. The number of hydrogen-bond donors (Lipinski definition) is 1. The Hall–Kier alpha value is -1.49. The summed E-state index contributed by atoms with van der Waals surface area (Å²) in [5, 5.41) is 0. The van der Waals surface area contributed by atoms with Crippen molar-refractivity contribution in [1.82, 2.24) is 4.98 Å². The second kappa shape index (κ2) is 5.91. The maximum Gasteiger partial charge on any atom is 0.239 e. The summed E-state index contributed by atoms with van der Waals surface area (Å²) in [7, 11) is 0. The molecule has 1 unspecified atom stereocenters. The molecule has 0 bridgehead atoms. The molecule has 1 heterocycles. The molecule has 0 saturated heterocycles. The van der Waals surface area contributed by atoms with E-state index in [9.17, 15) is 4.79 Å². The van der Waals surface area contributed by atoms with Crippen LogP contribution >= 0.6 is 12.2 Å². The van der Waals surface area contributed by atoms with Gasteiger partial charge in [0.15, 0.2) is 0 Å². The number of carbonyl (C=O) groups excluding carboxylic acids is 1. The molecule has 98 valence electrons. The average Bonchev–Trinajstić information content (AvgIpc) is 2.39. The van der Waals surface area contributed by atoms with Crippen LogP contribution in [0.3, 0.4) is 0 Å². The summed E-state index contributed by atoms with van der Waals surface area (Å²) in [6.45, 7) is 6.20. The summed E-state index contributed by atoms with van der Waals surface area (Å²) >= 11 is 5.04. The van der Waals surface area contributed by atoms with Crippen LogP contribution in [0.1, 0.15) is 27.2 Å². The molecule has 0 aromatic carbocycles. The molecule has 18 heavy (non-hydrogen) atoms. The lowest BCUT2D eigenvalue weighted by atomic mass is 9.85. The molecule has 5 heteroatoms. The van der Waals surface area contributed by atoms with Crippen LogP contribution in [0, 0.1) is 5.41 Å². The molecule has 1 rings (SSSR count). The Morgan fingerprint density at radius 3 is 2.39 bits per heavy atom. The largest absolute Gasteiger partial charge is 0.392 e. The molecule has 0 fully saturated rings. The molecular weight excluding hydrogens is 246 g/mol. The number of anilines is 1. The standard InChI is InChI=1S/C13H19N3OS/c1-4-13(3,11(14)18)12(17)16(5-2)10-6-8-15-9-7-10/h6-9H,4-5H2,1-3H3,(H2,14,18). The maximum atomic E-state index is 12.6. The van der Waals surface area contributed by atoms with Crippen molar-refractivity contribution in [2.45, 2.75) is 27.2 Å². The van der Waals surface area contributed by atoms with E-state index in [4.69, 9.17) is 18.0 Å². The van der Waals surface area contributed by atoms with Gasteiger partial charge in [-0.05, 0) is 32.4 Å². The molecule has 2 N–H and O–H groups in total. The normalized spacial score (nSPS) is 13.7. The number of rotatable bonds is 5. The van der Waals surface area contributed by atoms with Gasteiger partial charge in [-0.15, -0.1) is 0 Å². The Morgan fingerprint density at radius 1 is 1.44 bits per heavy atom. The molecule has 1 atom stereocenters. The zero-order chi connectivity index (χ0) is 13.8. The highest BCUT2D eigenvalue weighted by molar-refractivity contribution is 7.80. The Bertz CT molecular complexity index is 435. The van der Waals surface area contributed by atoms with Crippen LogP contribution in [0.25, 0.3) is 0 Å². The first kappa shape index (κ1) is 14.6.